The summed E-state index contributed by atoms with van der Waals surface area (Å²) in [4.78, 5) is 12.4. The van der Waals surface area contributed by atoms with Crippen molar-refractivity contribution < 1.29 is 14.6 Å². The Morgan fingerprint density at radius 3 is 2.59 bits per heavy atom. The molecule has 0 saturated carbocycles. The van der Waals surface area contributed by atoms with Crippen LogP contribution in [0, 0.1) is 0 Å². The van der Waals surface area contributed by atoms with Gasteiger partial charge in [0, 0.05) is 17.1 Å². The molecule has 4 nitrogen and oxygen atoms in total. The van der Waals surface area contributed by atoms with Gasteiger partial charge in [-0.05, 0) is 23.6 Å². The molecule has 0 aliphatic carbocycles. The number of carbonyl (C=O) groups is 1. The molecule has 4 heteroatoms. The fraction of sp³-hybridized carbons (Fsp3) is 0.0556. The van der Waals surface area contributed by atoms with Crippen molar-refractivity contribution in [2.75, 3.05) is 12.4 Å². The third kappa shape index (κ3) is 2.59. The largest absolute Gasteiger partial charge is 0.507 e. The van der Waals surface area contributed by atoms with Crippen LogP contribution < -0.4 is 10.1 Å². The summed E-state index contributed by atoms with van der Waals surface area (Å²) in [6, 6.07) is 18.1. The highest BCUT2D eigenvalue weighted by atomic mass is 16.5. The molecule has 0 unspecified atom stereocenters. The zero-order valence-electron chi connectivity index (χ0n) is 12.0. The molecule has 3 rings (SSSR count). The summed E-state index contributed by atoms with van der Waals surface area (Å²) in [6.07, 6.45) is 0. The second kappa shape index (κ2) is 5.77. The number of hydrogen-bond donors (Lipinski definition) is 2. The van der Waals surface area contributed by atoms with Crippen LogP contribution in [0.3, 0.4) is 0 Å². The quantitative estimate of drug-likeness (QED) is 0.772. The van der Waals surface area contributed by atoms with Crippen molar-refractivity contribution in [1.82, 2.24) is 0 Å². The Bertz CT molecular complexity index is 837. The third-order valence-electron chi connectivity index (χ3n) is 3.49. The summed E-state index contributed by atoms with van der Waals surface area (Å²) >= 11 is 0. The van der Waals surface area contributed by atoms with Gasteiger partial charge in [-0.25, -0.2) is 0 Å². The molecule has 0 heterocycles. The number of aromatic hydroxyl groups is 1. The zero-order chi connectivity index (χ0) is 15.5. The number of benzene rings is 3. The number of ether oxygens (including phenoxy) is 1. The first-order chi connectivity index (χ1) is 10.7. The highest BCUT2D eigenvalue weighted by Crippen LogP contribution is 2.27. The van der Waals surface area contributed by atoms with Crippen LogP contribution in [0.25, 0.3) is 10.8 Å². The number of methoxy groups -OCH3 is 1. The lowest BCUT2D eigenvalue weighted by Gasteiger charge is -2.10. The van der Waals surface area contributed by atoms with Crippen LogP contribution in [0.4, 0.5) is 5.69 Å². The Hall–Kier alpha value is -3.01. The average molecular weight is 293 g/mol. The second-order valence-corrected chi connectivity index (χ2v) is 4.86. The van der Waals surface area contributed by atoms with E-state index in [1.807, 2.05) is 42.5 Å². The van der Waals surface area contributed by atoms with E-state index in [1.165, 1.54) is 19.2 Å². The Morgan fingerprint density at radius 1 is 1.05 bits per heavy atom. The first kappa shape index (κ1) is 13.9. The predicted molar refractivity (Wildman–Crippen MR) is 86.6 cm³/mol. The van der Waals surface area contributed by atoms with Crippen molar-refractivity contribution in [1.29, 1.82) is 0 Å². The van der Waals surface area contributed by atoms with E-state index in [1.54, 1.807) is 6.07 Å². The lowest BCUT2D eigenvalue weighted by Crippen LogP contribution is -2.12. The number of amides is 1. The SMILES string of the molecule is COc1ccc(C(=O)Nc2cccc3ccccc23)c(O)c1. The highest BCUT2D eigenvalue weighted by Gasteiger charge is 2.13. The summed E-state index contributed by atoms with van der Waals surface area (Å²) in [5, 5.41) is 14.8. The topological polar surface area (TPSA) is 58.6 Å². The van der Waals surface area contributed by atoms with Gasteiger partial charge in [-0.1, -0.05) is 36.4 Å². The van der Waals surface area contributed by atoms with E-state index in [0.29, 0.717) is 11.4 Å². The molecule has 0 bridgehead atoms. The van der Waals surface area contributed by atoms with E-state index in [2.05, 4.69) is 5.32 Å². The maximum atomic E-state index is 12.4. The third-order valence-corrected chi connectivity index (χ3v) is 3.49. The van der Waals surface area contributed by atoms with E-state index in [9.17, 15) is 9.90 Å². The molecule has 0 atom stereocenters. The number of carbonyl (C=O) groups excluding carboxylic acids is 1. The molecule has 0 fully saturated rings. The fourth-order valence-electron chi connectivity index (χ4n) is 2.35. The van der Waals surface area contributed by atoms with Gasteiger partial charge in [-0.3, -0.25) is 4.79 Å². The molecule has 2 N–H and O–H groups in total. The Labute approximate surface area is 128 Å². The molecular formula is C18H15NO3. The van der Waals surface area contributed by atoms with Gasteiger partial charge in [-0.15, -0.1) is 0 Å². The number of phenolic OH excluding ortho intramolecular Hbond substituents is 1. The van der Waals surface area contributed by atoms with Gasteiger partial charge >= 0.3 is 0 Å². The van der Waals surface area contributed by atoms with Crippen LogP contribution in [0.1, 0.15) is 10.4 Å². The summed E-state index contributed by atoms with van der Waals surface area (Å²) < 4.78 is 5.01. The van der Waals surface area contributed by atoms with Crippen molar-refractivity contribution in [3.63, 3.8) is 0 Å². The lowest BCUT2D eigenvalue weighted by atomic mass is 10.1. The minimum absolute atomic E-state index is 0.114. The van der Waals surface area contributed by atoms with E-state index in [-0.39, 0.29) is 17.2 Å². The van der Waals surface area contributed by atoms with Crippen molar-refractivity contribution in [3.05, 3.63) is 66.2 Å². The van der Waals surface area contributed by atoms with Crippen LogP contribution in [0.5, 0.6) is 11.5 Å². The average Bonchev–Trinajstić information content (AvgIpc) is 2.55. The van der Waals surface area contributed by atoms with Gasteiger partial charge in [0.1, 0.15) is 11.5 Å². The first-order valence-corrected chi connectivity index (χ1v) is 6.85. The molecule has 0 radical (unpaired) electrons. The first-order valence-electron chi connectivity index (χ1n) is 6.85. The molecule has 1 amide bonds. The molecule has 0 aliphatic heterocycles. The normalized spacial score (nSPS) is 10.4. The smallest absolute Gasteiger partial charge is 0.259 e. The maximum Gasteiger partial charge on any atom is 0.259 e. The van der Waals surface area contributed by atoms with Crippen molar-refractivity contribution >= 4 is 22.4 Å². The fourth-order valence-corrected chi connectivity index (χ4v) is 2.35. The number of hydrogen-bond acceptors (Lipinski definition) is 3. The molecule has 0 saturated heterocycles. The van der Waals surface area contributed by atoms with Crippen LogP contribution in [-0.4, -0.2) is 18.1 Å². The molecule has 3 aromatic rings. The molecule has 0 aromatic heterocycles. The number of anilines is 1. The minimum atomic E-state index is -0.364. The van der Waals surface area contributed by atoms with E-state index >= 15 is 0 Å². The summed E-state index contributed by atoms with van der Waals surface area (Å²) in [6.45, 7) is 0. The lowest BCUT2D eigenvalue weighted by molar-refractivity contribution is 0.102. The summed E-state index contributed by atoms with van der Waals surface area (Å²) in [5.41, 5.74) is 0.909. The molecule has 0 aliphatic rings. The maximum absolute atomic E-state index is 12.4. The summed E-state index contributed by atoms with van der Waals surface area (Å²) in [7, 11) is 1.50. The number of nitrogens with one attached hydrogen (secondary N) is 1. The summed E-state index contributed by atoms with van der Waals surface area (Å²) in [5.74, 6) is 0.0211. The van der Waals surface area contributed by atoms with E-state index in [4.69, 9.17) is 4.74 Å². The van der Waals surface area contributed by atoms with Crippen LogP contribution in [-0.2, 0) is 0 Å². The Balaban J connectivity index is 1.93. The van der Waals surface area contributed by atoms with Crippen LogP contribution in [0.2, 0.25) is 0 Å². The number of phenols is 1. The monoisotopic (exact) mass is 293 g/mol. The standard InChI is InChI=1S/C18H15NO3/c1-22-13-9-10-15(17(20)11-13)18(21)19-16-8-4-6-12-5-2-3-7-14(12)16/h2-11,20H,1H3,(H,19,21). The Morgan fingerprint density at radius 2 is 1.82 bits per heavy atom. The van der Waals surface area contributed by atoms with Crippen LogP contribution >= 0.6 is 0 Å². The molecular weight excluding hydrogens is 278 g/mol. The molecule has 3 aromatic carbocycles. The molecule has 0 spiro atoms. The van der Waals surface area contributed by atoms with Gasteiger partial charge in [0.05, 0.1) is 12.7 Å². The van der Waals surface area contributed by atoms with Gasteiger partial charge in [0.25, 0.3) is 5.91 Å². The van der Waals surface area contributed by atoms with E-state index in [0.717, 1.165) is 10.8 Å². The zero-order valence-corrected chi connectivity index (χ0v) is 12.0. The van der Waals surface area contributed by atoms with Gasteiger partial charge in [-0.2, -0.15) is 0 Å². The number of fused-ring (bicyclic) bond motifs is 1. The van der Waals surface area contributed by atoms with Gasteiger partial charge in [0.2, 0.25) is 0 Å². The van der Waals surface area contributed by atoms with E-state index < -0.39 is 0 Å². The minimum Gasteiger partial charge on any atom is -0.507 e. The second-order valence-electron chi connectivity index (χ2n) is 4.86. The number of rotatable bonds is 3. The van der Waals surface area contributed by atoms with Crippen molar-refractivity contribution in [3.8, 4) is 11.5 Å². The van der Waals surface area contributed by atoms with Gasteiger partial charge in [0.15, 0.2) is 0 Å². The van der Waals surface area contributed by atoms with Crippen molar-refractivity contribution in [2.24, 2.45) is 0 Å². The van der Waals surface area contributed by atoms with Gasteiger partial charge < -0.3 is 15.2 Å². The molecule has 22 heavy (non-hydrogen) atoms. The van der Waals surface area contributed by atoms with Crippen LogP contribution in [0.15, 0.2) is 60.7 Å². The molecule has 110 valence electrons. The Kier molecular flexibility index (Phi) is 3.66. The van der Waals surface area contributed by atoms with Crippen molar-refractivity contribution in [2.45, 2.75) is 0 Å². The predicted octanol–water partition coefficient (Wildman–Crippen LogP) is 3.81. The highest BCUT2D eigenvalue weighted by molar-refractivity contribution is 6.10.